The Hall–Kier alpha value is -1.64. The molecule has 14 heavy (non-hydrogen) atoms. The van der Waals surface area contributed by atoms with Crippen molar-refractivity contribution in [3.8, 4) is 0 Å². The maximum absolute atomic E-state index is 11.1. The summed E-state index contributed by atoms with van der Waals surface area (Å²) in [4.78, 5) is 15.1. The van der Waals surface area contributed by atoms with E-state index < -0.39 is 0 Å². The first-order chi connectivity index (χ1) is 6.66. The lowest BCUT2D eigenvalue weighted by molar-refractivity contribution is -0.114. The standard InChI is InChI=1S/C11H14N2O/c1-3-10(11(12)14)8(2)9-5-4-6-13-7-9/h4-7H,3H2,1-2H3,(H2,12,14)/b10-8-. The molecule has 1 amide bonds. The number of carbonyl (C=O) groups is 1. The molecule has 0 aromatic carbocycles. The number of primary amides is 1. The van der Waals surface area contributed by atoms with Gasteiger partial charge in [0.05, 0.1) is 0 Å². The van der Waals surface area contributed by atoms with E-state index in [1.807, 2.05) is 26.0 Å². The molecule has 0 aliphatic heterocycles. The van der Waals surface area contributed by atoms with Crippen LogP contribution in [0.4, 0.5) is 0 Å². The molecule has 0 aliphatic carbocycles. The summed E-state index contributed by atoms with van der Waals surface area (Å²) in [5.41, 5.74) is 7.79. The van der Waals surface area contributed by atoms with Crippen molar-refractivity contribution in [1.29, 1.82) is 0 Å². The number of allylic oxidation sites excluding steroid dienone is 1. The van der Waals surface area contributed by atoms with Crippen molar-refractivity contribution in [1.82, 2.24) is 4.98 Å². The molecule has 0 bridgehead atoms. The molecular weight excluding hydrogens is 176 g/mol. The summed E-state index contributed by atoms with van der Waals surface area (Å²) in [6.45, 7) is 3.81. The summed E-state index contributed by atoms with van der Waals surface area (Å²) in [6.07, 6.45) is 4.08. The van der Waals surface area contributed by atoms with Gasteiger partial charge in [-0.05, 0) is 30.5 Å². The van der Waals surface area contributed by atoms with Crippen molar-refractivity contribution in [3.05, 3.63) is 35.7 Å². The third-order valence-corrected chi connectivity index (χ3v) is 2.20. The molecule has 3 heteroatoms. The largest absolute Gasteiger partial charge is 0.366 e. The topological polar surface area (TPSA) is 56.0 Å². The smallest absolute Gasteiger partial charge is 0.244 e. The van der Waals surface area contributed by atoms with E-state index in [1.54, 1.807) is 12.4 Å². The quantitative estimate of drug-likeness (QED) is 0.738. The second-order valence-corrected chi connectivity index (χ2v) is 3.06. The van der Waals surface area contributed by atoms with Crippen LogP contribution in [-0.2, 0) is 4.79 Å². The van der Waals surface area contributed by atoms with Gasteiger partial charge < -0.3 is 5.73 Å². The minimum Gasteiger partial charge on any atom is -0.366 e. The maximum atomic E-state index is 11.1. The average Bonchev–Trinajstić information content (AvgIpc) is 2.19. The summed E-state index contributed by atoms with van der Waals surface area (Å²) in [6, 6.07) is 3.76. The van der Waals surface area contributed by atoms with Crippen molar-refractivity contribution < 1.29 is 4.79 Å². The summed E-state index contributed by atoms with van der Waals surface area (Å²) in [5, 5.41) is 0. The summed E-state index contributed by atoms with van der Waals surface area (Å²) >= 11 is 0. The molecule has 1 heterocycles. The van der Waals surface area contributed by atoms with E-state index in [2.05, 4.69) is 4.98 Å². The average molecular weight is 190 g/mol. The van der Waals surface area contributed by atoms with Crippen LogP contribution in [-0.4, -0.2) is 10.9 Å². The van der Waals surface area contributed by atoms with E-state index in [1.165, 1.54) is 0 Å². The predicted molar refractivity (Wildman–Crippen MR) is 56.3 cm³/mol. The minimum absolute atomic E-state index is 0.353. The first kappa shape index (κ1) is 10.4. The Kier molecular flexibility index (Phi) is 3.40. The second kappa shape index (κ2) is 4.56. The number of pyridine rings is 1. The molecule has 2 N–H and O–H groups in total. The van der Waals surface area contributed by atoms with Crippen LogP contribution in [0.5, 0.6) is 0 Å². The van der Waals surface area contributed by atoms with Gasteiger partial charge in [-0.15, -0.1) is 0 Å². The lowest BCUT2D eigenvalue weighted by atomic mass is 10.0. The minimum atomic E-state index is -0.353. The number of amides is 1. The van der Waals surface area contributed by atoms with Gasteiger partial charge in [-0.25, -0.2) is 0 Å². The Morgan fingerprint density at radius 1 is 1.57 bits per heavy atom. The Bertz CT molecular complexity index is 355. The van der Waals surface area contributed by atoms with Crippen molar-refractivity contribution in [2.24, 2.45) is 5.73 Å². The molecule has 0 atom stereocenters. The molecule has 74 valence electrons. The number of aromatic nitrogens is 1. The zero-order valence-corrected chi connectivity index (χ0v) is 8.45. The first-order valence-corrected chi connectivity index (χ1v) is 4.56. The van der Waals surface area contributed by atoms with Gasteiger partial charge in [0.25, 0.3) is 0 Å². The number of rotatable bonds is 3. The fourth-order valence-corrected chi connectivity index (χ4v) is 1.38. The lowest BCUT2D eigenvalue weighted by Gasteiger charge is -2.06. The van der Waals surface area contributed by atoms with Crippen molar-refractivity contribution in [3.63, 3.8) is 0 Å². The predicted octanol–water partition coefficient (Wildman–Crippen LogP) is 1.75. The van der Waals surface area contributed by atoms with E-state index >= 15 is 0 Å². The molecule has 1 rings (SSSR count). The maximum Gasteiger partial charge on any atom is 0.244 e. The van der Waals surface area contributed by atoms with Crippen LogP contribution in [0.25, 0.3) is 5.57 Å². The SMILES string of the molecule is CC/C(C(N)=O)=C(\C)c1cccnc1. The van der Waals surface area contributed by atoms with Crippen LogP contribution in [0, 0.1) is 0 Å². The van der Waals surface area contributed by atoms with Gasteiger partial charge in [-0.3, -0.25) is 9.78 Å². The fraction of sp³-hybridized carbons (Fsp3) is 0.273. The van der Waals surface area contributed by atoms with Gasteiger partial charge in [0.15, 0.2) is 0 Å². The molecule has 1 aromatic rings. The van der Waals surface area contributed by atoms with Gasteiger partial charge in [0.1, 0.15) is 0 Å². The Labute approximate surface area is 83.7 Å². The van der Waals surface area contributed by atoms with E-state index in [4.69, 9.17) is 5.73 Å². The third-order valence-electron chi connectivity index (χ3n) is 2.20. The highest BCUT2D eigenvalue weighted by Crippen LogP contribution is 2.18. The molecule has 0 spiro atoms. The summed E-state index contributed by atoms with van der Waals surface area (Å²) in [5.74, 6) is -0.353. The summed E-state index contributed by atoms with van der Waals surface area (Å²) in [7, 11) is 0. The number of carbonyl (C=O) groups excluding carboxylic acids is 1. The highest BCUT2D eigenvalue weighted by molar-refractivity contribution is 5.99. The number of nitrogens with zero attached hydrogens (tertiary/aromatic N) is 1. The van der Waals surface area contributed by atoms with Crippen LogP contribution >= 0.6 is 0 Å². The second-order valence-electron chi connectivity index (χ2n) is 3.06. The first-order valence-electron chi connectivity index (χ1n) is 4.56. The molecule has 3 nitrogen and oxygen atoms in total. The van der Waals surface area contributed by atoms with Gasteiger partial charge in [0, 0.05) is 18.0 Å². The zero-order valence-electron chi connectivity index (χ0n) is 8.45. The van der Waals surface area contributed by atoms with Crippen LogP contribution < -0.4 is 5.73 Å². The molecule has 0 radical (unpaired) electrons. The summed E-state index contributed by atoms with van der Waals surface area (Å²) < 4.78 is 0. The van der Waals surface area contributed by atoms with Crippen LogP contribution in [0.2, 0.25) is 0 Å². The molecule has 0 unspecified atom stereocenters. The van der Waals surface area contributed by atoms with E-state index in [0.717, 1.165) is 11.1 Å². The third kappa shape index (κ3) is 2.19. The van der Waals surface area contributed by atoms with E-state index in [0.29, 0.717) is 12.0 Å². The van der Waals surface area contributed by atoms with Crippen molar-refractivity contribution in [2.75, 3.05) is 0 Å². The fourth-order valence-electron chi connectivity index (χ4n) is 1.38. The lowest BCUT2D eigenvalue weighted by Crippen LogP contribution is -2.14. The van der Waals surface area contributed by atoms with Gasteiger partial charge in [-0.2, -0.15) is 0 Å². The van der Waals surface area contributed by atoms with Gasteiger partial charge in [0.2, 0.25) is 5.91 Å². The molecular formula is C11H14N2O. The zero-order chi connectivity index (χ0) is 10.6. The highest BCUT2D eigenvalue weighted by atomic mass is 16.1. The Balaban J connectivity index is 3.15. The van der Waals surface area contributed by atoms with Gasteiger partial charge in [-0.1, -0.05) is 13.0 Å². The van der Waals surface area contributed by atoms with Crippen molar-refractivity contribution in [2.45, 2.75) is 20.3 Å². The Morgan fingerprint density at radius 3 is 2.71 bits per heavy atom. The van der Waals surface area contributed by atoms with Crippen molar-refractivity contribution >= 4 is 11.5 Å². The number of nitrogens with two attached hydrogens (primary N) is 1. The number of hydrogen-bond acceptors (Lipinski definition) is 2. The molecule has 0 saturated carbocycles. The molecule has 0 fully saturated rings. The monoisotopic (exact) mass is 190 g/mol. The highest BCUT2D eigenvalue weighted by Gasteiger charge is 2.08. The van der Waals surface area contributed by atoms with Crippen LogP contribution in [0.3, 0.4) is 0 Å². The van der Waals surface area contributed by atoms with Gasteiger partial charge >= 0.3 is 0 Å². The van der Waals surface area contributed by atoms with Crippen LogP contribution in [0.15, 0.2) is 30.1 Å². The molecule has 0 aliphatic rings. The molecule has 1 aromatic heterocycles. The number of hydrogen-bond donors (Lipinski definition) is 1. The van der Waals surface area contributed by atoms with E-state index in [-0.39, 0.29) is 5.91 Å². The van der Waals surface area contributed by atoms with Crippen LogP contribution in [0.1, 0.15) is 25.8 Å². The normalized spacial score (nSPS) is 12.1. The van der Waals surface area contributed by atoms with E-state index in [9.17, 15) is 4.79 Å². The molecule has 0 saturated heterocycles. The Morgan fingerprint density at radius 2 is 2.29 bits per heavy atom.